The van der Waals surface area contributed by atoms with Crippen LogP contribution in [-0.2, 0) is 18.3 Å². The van der Waals surface area contributed by atoms with Crippen LogP contribution in [-0.4, -0.2) is 33.0 Å². The van der Waals surface area contributed by atoms with Gasteiger partial charge in [-0.25, -0.2) is 9.59 Å². The van der Waals surface area contributed by atoms with E-state index in [0.29, 0.717) is 6.04 Å². The summed E-state index contributed by atoms with van der Waals surface area (Å²) >= 11 is 0. The molecular formula is C12H25O6PSi. The van der Waals surface area contributed by atoms with Gasteiger partial charge in [0, 0.05) is 0 Å². The third kappa shape index (κ3) is 5.77. The van der Waals surface area contributed by atoms with E-state index in [1.165, 1.54) is 0 Å². The highest BCUT2D eigenvalue weighted by Gasteiger charge is 2.49. The maximum atomic E-state index is 12.6. The summed E-state index contributed by atoms with van der Waals surface area (Å²) in [5, 5.41) is 0. The van der Waals surface area contributed by atoms with Crippen LogP contribution in [0.2, 0.25) is 19.1 Å². The topological polar surface area (TPSA) is 78.9 Å². The standard InChI is InChI=1S/C12H25O6PSi/c1-6-9-10-20(4,5)18-19(15,11(13)16-7-2)12(14)17-8-3/h6-10H2,1-5H3. The number of hydrogen-bond acceptors (Lipinski definition) is 6. The van der Waals surface area contributed by atoms with E-state index < -0.39 is 27.1 Å². The maximum Gasteiger partial charge on any atom is 0.404 e. The Labute approximate surface area is 121 Å². The molecule has 0 unspecified atom stereocenters. The van der Waals surface area contributed by atoms with Crippen molar-refractivity contribution in [3.63, 3.8) is 0 Å². The van der Waals surface area contributed by atoms with Crippen LogP contribution in [0.15, 0.2) is 0 Å². The molecule has 20 heavy (non-hydrogen) atoms. The molecule has 0 aromatic carbocycles. The van der Waals surface area contributed by atoms with Crippen molar-refractivity contribution in [3.05, 3.63) is 0 Å². The molecule has 0 fully saturated rings. The summed E-state index contributed by atoms with van der Waals surface area (Å²) in [6.07, 6.45) is 1.85. The fourth-order valence-corrected chi connectivity index (χ4v) is 7.26. The minimum Gasteiger partial charge on any atom is -0.458 e. The molecule has 0 aromatic heterocycles. The van der Waals surface area contributed by atoms with E-state index in [-0.39, 0.29) is 13.2 Å². The second kappa shape index (κ2) is 8.59. The van der Waals surface area contributed by atoms with E-state index in [1.807, 2.05) is 20.0 Å². The lowest BCUT2D eigenvalue weighted by Gasteiger charge is -2.26. The van der Waals surface area contributed by atoms with E-state index in [2.05, 4.69) is 0 Å². The van der Waals surface area contributed by atoms with Crippen LogP contribution in [0.3, 0.4) is 0 Å². The minimum atomic E-state index is -4.26. The average molecular weight is 324 g/mol. The van der Waals surface area contributed by atoms with E-state index in [0.717, 1.165) is 12.8 Å². The lowest BCUT2D eigenvalue weighted by molar-refractivity contribution is 0.164. The molecule has 0 amide bonds. The van der Waals surface area contributed by atoms with Crippen LogP contribution in [0.25, 0.3) is 0 Å². The first kappa shape index (κ1) is 19.3. The molecule has 6 nitrogen and oxygen atoms in total. The Hall–Kier alpha value is -0.653. The van der Waals surface area contributed by atoms with E-state index >= 15 is 0 Å². The summed E-state index contributed by atoms with van der Waals surface area (Å²) in [7, 11) is -6.66. The summed E-state index contributed by atoms with van der Waals surface area (Å²) in [5.74, 6) is 0. The number of rotatable bonds is 9. The molecule has 0 aliphatic carbocycles. The first-order chi connectivity index (χ1) is 9.23. The zero-order chi connectivity index (χ0) is 15.8. The normalized spacial score (nSPS) is 12.1. The van der Waals surface area contributed by atoms with Crippen LogP contribution < -0.4 is 0 Å². The van der Waals surface area contributed by atoms with Crippen molar-refractivity contribution in [1.82, 2.24) is 0 Å². The zero-order valence-electron chi connectivity index (χ0n) is 12.9. The van der Waals surface area contributed by atoms with Crippen molar-refractivity contribution in [1.29, 1.82) is 0 Å². The molecule has 0 rings (SSSR count). The highest BCUT2D eigenvalue weighted by Crippen LogP contribution is 2.53. The summed E-state index contributed by atoms with van der Waals surface area (Å²) in [4.78, 5) is 23.7. The minimum absolute atomic E-state index is 0.0303. The van der Waals surface area contributed by atoms with Crippen molar-refractivity contribution >= 4 is 27.1 Å². The summed E-state index contributed by atoms with van der Waals surface area (Å²) < 4.78 is 27.6. The molecule has 0 saturated carbocycles. The molecule has 0 spiro atoms. The SMILES string of the molecule is CCCC[Si](C)(C)OP(=O)(C(=O)OCC)C(=O)OCC. The lowest BCUT2D eigenvalue weighted by Crippen LogP contribution is -2.32. The number of unbranched alkanes of at least 4 members (excludes halogenated alkanes) is 1. The van der Waals surface area contributed by atoms with Gasteiger partial charge in [-0.15, -0.1) is 0 Å². The summed E-state index contributed by atoms with van der Waals surface area (Å²) in [6, 6.07) is 0.715. The lowest BCUT2D eigenvalue weighted by atomic mass is 10.4. The molecule has 0 heterocycles. The second-order valence-electron chi connectivity index (χ2n) is 4.90. The highest BCUT2D eigenvalue weighted by atomic mass is 31.2. The van der Waals surface area contributed by atoms with Crippen molar-refractivity contribution < 1.29 is 27.8 Å². The highest BCUT2D eigenvalue weighted by molar-refractivity contribution is 7.90. The Morgan fingerprint density at radius 2 is 1.45 bits per heavy atom. The molecule has 0 N–H and O–H groups in total. The molecule has 0 aliphatic rings. The van der Waals surface area contributed by atoms with Crippen LogP contribution >= 0.6 is 7.37 Å². The molecule has 0 radical (unpaired) electrons. The Balaban J connectivity index is 5.18. The Morgan fingerprint density at radius 1 is 1.00 bits per heavy atom. The fraction of sp³-hybridized carbons (Fsp3) is 0.833. The zero-order valence-corrected chi connectivity index (χ0v) is 14.8. The number of hydrogen-bond donors (Lipinski definition) is 0. The van der Waals surface area contributed by atoms with Gasteiger partial charge >= 0.3 is 18.8 Å². The molecular weight excluding hydrogens is 299 g/mol. The average Bonchev–Trinajstić information content (AvgIpc) is 2.36. The van der Waals surface area contributed by atoms with Gasteiger partial charge in [0.25, 0.3) is 0 Å². The van der Waals surface area contributed by atoms with Gasteiger partial charge in [0.05, 0.1) is 13.2 Å². The number of carbonyl (C=O) groups excluding carboxylic acids is 2. The Morgan fingerprint density at radius 3 is 1.80 bits per heavy atom. The maximum absolute atomic E-state index is 12.6. The van der Waals surface area contributed by atoms with Crippen molar-refractivity contribution in [2.24, 2.45) is 0 Å². The Bertz CT molecular complexity index is 360. The molecule has 0 aliphatic heterocycles. The van der Waals surface area contributed by atoms with Gasteiger partial charge in [0.2, 0.25) is 0 Å². The largest absolute Gasteiger partial charge is 0.458 e. The van der Waals surface area contributed by atoms with Crippen LogP contribution in [0, 0.1) is 0 Å². The van der Waals surface area contributed by atoms with E-state index in [1.54, 1.807) is 13.8 Å². The second-order valence-corrected chi connectivity index (χ2v) is 11.5. The predicted molar refractivity (Wildman–Crippen MR) is 79.9 cm³/mol. The van der Waals surface area contributed by atoms with E-state index in [4.69, 9.17) is 13.7 Å². The smallest absolute Gasteiger partial charge is 0.404 e. The first-order valence-electron chi connectivity index (χ1n) is 6.89. The first-order valence-corrected chi connectivity index (χ1v) is 11.6. The third-order valence-electron chi connectivity index (χ3n) is 2.52. The molecule has 0 saturated heterocycles. The monoisotopic (exact) mass is 324 g/mol. The molecule has 0 aromatic rings. The summed E-state index contributed by atoms with van der Waals surface area (Å²) in [6.45, 7) is 8.90. The number of carbonyl (C=O) groups is 2. The molecule has 8 heteroatoms. The Kier molecular flexibility index (Phi) is 8.31. The fourth-order valence-electron chi connectivity index (χ4n) is 1.56. The van der Waals surface area contributed by atoms with Gasteiger partial charge in [-0.2, -0.15) is 0 Å². The quantitative estimate of drug-likeness (QED) is 0.455. The van der Waals surface area contributed by atoms with Crippen LogP contribution in [0.1, 0.15) is 33.6 Å². The molecule has 0 bridgehead atoms. The summed E-state index contributed by atoms with van der Waals surface area (Å²) in [5.41, 5.74) is -2.23. The predicted octanol–water partition coefficient (Wildman–Crippen LogP) is 4.60. The third-order valence-corrected chi connectivity index (χ3v) is 8.31. The van der Waals surface area contributed by atoms with Crippen LogP contribution in [0.4, 0.5) is 9.59 Å². The van der Waals surface area contributed by atoms with Crippen molar-refractivity contribution in [2.45, 2.75) is 52.8 Å². The number of ether oxygens (including phenoxy) is 2. The van der Waals surface area contributed by atoms with Crippen molar-refractivity contribution in [2.75, 3.05) is 13.2 Å². The molecule has 118 valence electrons. The van der Waals surface area contributed by atoms with E-state index in [9.17, 15) is 14.2 Å². The van der Waals surface area contributed by atoms with Crippen molar-refractivity contribution in [3.8, 4) is 0 Å². The van der Waals surface area contributed by atoms with Gasteiger partial charge in [-0.1, -0.05) is 19.8 Å². The van der Waals surface area contributed by atoms with Gasteiger partial charge < -0.3 is 13.7 Å². The molecule has 0 atom stereocenters. The van der Waals surface area contributed by atoms with Gasteiger partial charge in [-0.3, -0.25) is 4.57 Å². The van der Waals surface area contributed by atoms with Gasteiger partial charge in [-0.05, 0) is 33.0 Å². The van der Waals surface area contributed by atoms with Gasteiger partial charge in [0.1, 0.15) is 0 Å². The van der Waals surface area contributed by atoms with Gasteiger partial charge in [0.15, 0.2) is 8.32 Å². The van der Waals surface area contributed by atoms with Crippen LogP contribution in [0.5, 0.6) is 0 Å².